The SMILES string of the molecule is O=C(O)C[C@H]1C(=O)O[C@H]2[C@@H]3OC(=O)c4cc(O)c(O)c(O)c4-c4c(cc(O)c(O)c4O)C(=O)OC[C@H]2O[C@@H](OC(=O)c2cc(O)c(O)c(O)c2)[C@@H]3OC(=O)c2c(cc(O)c(O)c2O)[C@H]1[C@H](O)C(=O)O. The number of aliphatic hydroxyl groups excluding tert-OH is 1. The molecule has 69 heavy (non-hydrogen) atoms. The summed E-state index contributed by atoms with van der Waals surface area (Å²) in [5, 5.41) is 158. The number of cyclic esters (lactones) is 1. The highest BCUT2D eigenvalue weighted by molar-refractivity contribution is 6.08. The highest BCUT2D eigenvalue weighted by Crippen LogP contribution is 2.53. The number of hydrogen-bond acceptors (Lipinski definition) is 26. The fourth-order valence-electron chi connectivity index (χ4n) is 7.80. The van der Waals surface area contributed by atoms with Gasteiger partial charge in [0.25, 0.3) is 0 Å². The number of aliphatic hydroxyl groups is 1. The molecule has 0 radical (unpaired) electrons. The van der Waals surface area contributed by atoms with E-state index in [0.717, 1.165) is 0 Å². The van der Waals surface area contributed by atoms with Gasteiger partial charge in [-0.05, 0) is 35.9 Å². The highest BCUT2D eigenvalue weighted by atomic mass is 16.7. The maximum absolute atomic E-state index is 14.6. The Hall–Kier alpha value is -9.31. The molecule has 4 bridgehead atoms. The second-order valence-electron chi connectivity index (χ2n) is 15.2. The zero-order chi connectivity index (χ0) is 50.8. The second kappa shape index (κ2) is 17.5. The lowest BCUT2D eigenvalue weighted by Crippen LogP contribution is -2.63. The molecule has 0 unspecified atom stereocenters. The summed E-state index contributed by atoms with van der Waals surface area (Å²) in [5.74, 6) is -35.3. The molecule has 0 saturated carbocycles. The molecule has 0 aliphatic carbocycles. The summed E-state index contributed by atoms with van der Waals surface area (Å²) >= 11 is 0. The number of hydrogen-bond donors (Lipinski definition) is 15. The van der Waals surface area contributed by atoms with Crippen LogP contribution in [0.3, 0.4) is 0 Å². The van der Waals surface area contributed by atoms with Crippen LogP contribution in [0.4, 0.5) is 0 Å². The van der Waals surface area contributed by atoms with Crippen LogP contribution in [0.15, 0.2) is 30.3 Å². The molecule has 0 aromatic heterocycles. The van der Waals surface area contributed by atoms with Crippen molar-refractivity contribution < 1.29 is 139 Å². The molecule has 8 atom stereocenters. The van der Waals surface area contributed by atoms with Crippen LogP contribution in [0.25, 0.3) is 11.1 Å². The minimum absolute atomic E-state index is 0.315. The number of rotatable bonds is 6. The third-order valence-electron chi connectivity index (χ3n) is 11.0. The molecule has 364 valence electrons. The first-order chi connectivity index (χ1) is 32.3. The Morgan fingerprint density at radius 1 is 0.580 bits per heavy atom. The lowest BCUT2D eigenvalue weighted by Gasteiger charge is -2.44. The zero-order valence-corrected chi connectivity index (χ0v) is 33.9. The van der Waals surface area contributed by atoms with E-state index >= 15 is 0 Å². The van der Waals surface area contributed by atoms with Crippen molar-refractivity contribution >= 4 is 41.8 Å². The van der Waals surface area contributed by atoms with Gasteiger partial charge in [-0.25, -0.2) is 24.0 Å². The quantitative estimate of drug-likeness (QED) is 0.0680. The van der Waals surface area contributed by atoms with Crippen LogP contribution in [0.1, 0.15) is 59.3 Å². The van der Waals surface area contributed by atoms with E-state index in [1.165, 1.54) is 0 Å². The largest absolute Gasteiger partial charge is 0.504 e. The summed E-state index contributed by atoms with van der Waals surface area (Å²) in [6, 6.07) is 2.07. The number of fused-ring (bicyclic) bond motifs is 4. The molecule has 4 aromatic carbocycles. The summed E-state index contributed by atoms with van der Waals surface area (Å²) in [4.78, 5) is 96.0. The summed E-state index contributed by atoms with van der Waals surface area (Å²) < 4.78 is 33.4. The van der Waals surface area contributed by atoms with Gasteiger partial charge in [-0.3, -0.25) is 9.59 Å². The van der Waals surface area contributed by atoms with Crippen molar-refractivity contribution in [3.05, 3.63) is 58.1 Å². The Morgan fingerprint density at radius 2 is 1.07 bits per heavy atom. The first kappa shape index (κ1) is 47.6. The first-order valence-electron chi connectivity index (χ1n) is 19.2. The molecular weight excluding hydrogens is 940 g/mol. The normalized spacial score (nSPS) is 22.7. The summed E-state index contributed by atoms with van der Waals surface area (Å²) in [6.45, 7) is -1.38. The number of aliphatic carboxylic acids is 2. The number of carboxylic acid groups (broad SMARTS) is 2. The molecule has 0 spiro atoms. The summed E-state index contributed by atoms with van der Waals surface area (Å²) in [6.07, 6.45) is -17.4. The minimum Gasteiger partial charge on any atom is -0.504 e. The topological polar surface area (TPSA) is 478 Å². The van der Waals surface area contributed by atoms with Gasteiger partial charge in [0.2, 0.25) is 29.6 Å². The maximum atomic E-state index is 14.6. The van der Waals surface area contributed by atoms with Crippen molar-refractivity contribution in [3.8, 4) is 80.1 Å². The van der Waals surface area contributed by atoms with Crippen molar-refractivity contribution in [2.24, 2.45) is 5.92 Å². The van der Waals surface area contributed by atoms with Crippen LogP contribution in [-0.4, -0.2) is 162 Å². The number of carbonyl (C=O) groups excluding carboxylic acids is 5. The number of carbonyl (C=O) groups is 7. The van der Waals surface area contributed by atoms with Crippen LogP contribution in [0.2, 0.25) is 0 Å². The van der Waals surface area contributed by atoms with Crippen LogP contribution < -0.4 is 0 Å². The average molecular weight is 973 g/mol. The number of phenolic OH excluding ortho intramolecular Hbond substituents is 12. The van der Waals surface area contributed by atoms with Gasteiger partial charge in [-0.15, -0.1) is 0 Å². The predicted molar refractivity (Wildman–Crippen MR) is 210 cm³/mol. The van der Waals surface area contributed by atoms with E-state index in [1.807, 2.05) is 0 Å². The molecule has 28 heteroatoms. The molecule has 0 amide bonds. The molecule has 1 saturated heterocycles. The van der Waals surface area contributed by atoms with Crippen LogP contribution in [-0.2, 0) is 42.8 Å². The van der Waals surface area contributed by atoms with Crippen molar-refractivity contribution in [3.63, 3.8) is 0 Å². The van der Waals surface area contributed by atoms with Gasteiger partial charge in [-0.1, -0.05) is 0 Å². The Morgan fingerprint density at radius 3 is 1.61 bits per heavy atom. The average Bonchev–Trinajstić information content (AvgIpc) is 3.28. The summed E-state index contributed by atoms with van der Waals surface area (Å²) in [7, 11) is 0. The third-order valence-corrected chi connectivity index (χ3v) is 11.0. The molecule has 3 aliphatic rings. The summed E-state index contributed by atoms with van der Waals surface area (Å²) in [5.41, 5.74) is -8.05. The van der Waals surface area contributed by atoms with Gasteiger partial charge in [-0.2, -0.15) is 0 Å². The van der Waals surface area contributed by atoms with E-state index in [9.17, 15) is 110 Å². The van der Waals surface area contributed by atoms with E-state index in [1.54, 1.807) is 0 Å². The number of benzene rings is 4. The van der Waals surface area contributed by atoms with E-state index in [-0.39, 0.29) is 0 Å². The smallest absolute Gasteiger partial charge is 0.343 e. The van der Waals surface area contributed by atoms with E-state index in [2.05, 4.69) is 0 Å². The third kappa shape index (κ3) is 8.20. The van der Waals surface area contributed by atoms with E-state index < -0.39 is 211 Å². The Bertz CT molecular complexity index is 2880. The monoisotopic (exact) mass is 972 g/mol. The number of phenols is 12. The van der Waals surface area contributed by atoms with Gasteiger partial charge >= 0.3 is 41.8 Å². The van der Waals surface area contributed by atoms with Gasteiger partial charge in [0.1, 0.15) is 18.3 Å². The number of esters is 5. The van der Waals surface area contributed by atoms with Crippen LogP contribution >= 0.6 is 0 Å². The first-order valence-corrected chi connectivity index (χ1v) is 19.2. The molecule has 1 fully saturated rings. The van der Waals surface area contributed by atoms with Crippen molar-refractivity contribution in [2.45, 2.75) is 49.1 Å². The van der Waals surface area contributed by atoms with E-state index in [0.29, 0.717) is 30.3 Å². The van der Waals surface area contributed by atoms with E-state index in [4.69, 9.17) is 28.4 Å². The predicted octanol–water partition coefficient (Wildman–Crippen LogP) is -0.131. The molecular formula is C41H32O28. The van der Waals surface area contributed by atoms with Crippen LogP contribution in [0, 0.1) is 5.92 Å². The van der Waals surface area contributed by atoms with Crippen molar-refractivity contribution in [1.82, 2.24) is 0 Å². The molecule has 28 nitrogen and oxygen atoms in total. The Kier molecular flexibility index (Phi) is 12.1. The fourth-order valence-corrected chi connectivity index (χ4v) is 7.80. The minimum atomic E-state index is -2.98. The lowest BCUT2D eigenvalue weighted by atomic mass is 9.77. The van der Waals surface area contributed by atoms with Crippen molar-refractivity contribution in [2.75, 3.05) is 6.61 Å². The number of carboxylic acids is 2. The lowest BCUT2D eigenvalue weighted by molar-refractivity contribution is -0.287. The standard InChI is InChI=1S/C41H32O28/c42-13-1-8(2-14(43)24(13)49)36(59)69-41-34-33-32(66-39(62)12(6-19(47)48)20(31(56)35(57)58)9-3-15(44)27(52)30(55)23(9)40(63)68-34)18(65-41)7-64-37(60)10-4-16(45)25(50)28(53)21(10)22-11(38(61)67-33)5-17(46)26(51)29(22)54/h1-5,12,18,20,31-34,41-46,49-56H,6-7H2,(H,47,48)(H,57,58)/t12-,18-,20-,31+,32-,33+,34-,41+/m1/s1. The van der Waals surface area contributed by atoms with Crippen molar-refractivity contribution in [1.29, 1.82) is 0 Å². The molecule has 7 rings (SSSR count). The zero-order valence-electron chi connectivity index (χ0n) is 33.9. The number of ether oxygens (including phenoxy) is 6. The molecule has 3 heterocycles. The molecule has 15 N–H and O–H groups in total. The van der Waals surface area contributed by atoms with Gasteiger partial charge in [0.15, 0.2) is 70.1 Å². The molecule has 4 aromatic rings. The van der Waals surface area contributed by atoms with Gasteiger partial charge in [0, 0.05) is 17.0 Å². The highest BCUT2D eigenvalue weighted by Gasteiger charge is 2.57. The Balaban J connectivity index is 1.53. The maximum Gasteiger partial charge on any atom is 0.343 e. The molecule has 3 aliphatic heterocycles. The second-order valence-corrected chi connectivity index (χ2v) is 15.2. The Labute approximate surface area is 380 Å². The van der Waals surface area contributed by atoms with Gasteiger partial charge in [0.05, 0.1) is 29.0 Å². The van der Waals surface area contributed by atoms with Gasteiger partial charge < -0.3 is 105 Å². The van der Waals surface area contributed by atoms with Crippen LogP contribution in [0.5, 0.6) is 69.0 Å². The number of aromatic hydroxyl groups is 12. The fraction of sp³-hybridized carbons (Fsp3) is 0.244.